The summed E-state index contributed by atoms with van der Waals surface area (Å²) in [6.07, 6.45) is 3.74. The van der Waals surface area contributed by atoms with Crippen LogP contribution in [0, 0.1) is 0 Å². The van der Waals surface area contributed by atoms with Crippen LogP contribution in [0.15, 0.2) is 11.0 Å². The standard InChI is InChI=1S/C13H19ClN4O3/c1-2-3-6-21-13(20)16-9-4-5-18(8-9)10-7-15-17-12(19)11(10)14/h7,9H,2-6,8H2,1H3,(H,16,20)(H,17,19)/t9-/m1/s1. The van der Waals surface area contributed by atoms with Crippen LogP contribution in [0.2, 0.25) is 5.02 Å². The third kappa shape index (κ3) is 4.10. The van der Waals surface area contributed by atoms with Crippen LogP contribution in [0.5, 0.6) is 0 Å². The Labute approximate surface area is 127 Å². The molecule has 2 heterocycles. The summed E-state index contributed by atoms with van der Waals surface area (Å²) < 4.78 is 5.07. The van der Waals surface area contributed by atoms with E-state index in [1.807, 2.05) is 11.8 Å². The highest BCUT2D eigenvalue weighted by Crippen LogP contribution is 2.24. The fraction of sp³-hybridized carbons (Fsp3) is 0.615. The van der Waals surface area contributed by atoms with E-state index in [1.54, 1.807) is 0 Å². The van der Waals surface area contributed by atoms with Crippen LogP contribution in [-0.4, -0.2) is 42.0 Å². The molecule has 1 aromatic heterocycles. The van der Waals surface area contributed by atoms with E-state index >= 15 is 0 Å². The molecule has 1 aromatic rings. The molecule has 1 atom stereocenters. The fourth-order valence-electron chi connectivity index (χ4n) is 2.21. The smallest absolute Gasteiger partial charge is 0.407 e. The molecule has 116 valence electrons. The second kappa shape index (κ2) is 7.31. The number of alkyl carbamates (subject to hydrolysis) is 1. The van der Waals surface area contributed by atoms with Crippen LogP contribution in [0.3, 0.4) is 0 Å². The lowest BCUT2D eigenvalue weighted by molar-refractivity contribution is 0.141. The number of H-pyrrole nitrogens is 1. The maximum absolute atomic E-state index is 11.6. The summed E-state index contributed by atoms with van der Waals surface area (Å²) >= 11 is 5.97. The van der Waals surface area contributed by atoms with E-state index in [2.05, 4.69) is 15.5 Å². The second-order valence-corrected chi connectivity index (χ2v) is 5.34. The summed E-state index contributed by atoms with van der Waals surface area (Å²) in [4.78, 5) is 25.0. The molecule has 0 aliphatic carbocycles. The Morgan fingerprint density at radius 1 is 1.67 bits per heavy atom. The first-order valence-electron chi connectivity index (χ1n) is 7.03. The zero-order valence-corrected chi connectivity index (χ0v) is 12.7. The van der Waals surface area contributed by atoms with Gasteiger partial charge in [-0.3, -0.25) is 4.79 Å². The lowest BCUT2D eigenvalue weighted by atomic mass is 10.3. The molecule has 1 saturated heterocycles. The molecule has 0 saturated carbocycles. The van der Waals surface area contributed by atoms with Crippen LogP contribution in [0.1, 0.15) is 26.2 Å². The van der Waals surface area contributed by atoms with Gasteiger partial charge in [0.15, 0.2) is 0 Å². The van der Waals surface area contributed by atoms with Gasteiger partial charge in [0.05, 0.1) is 24.5 Å². The number of aromatic amines is 1. The summed E-state index contributed by atoms with van der Waals surface area (Å²) in [7, 11) is 0. The Kier molecular flexibility index (Phi) is 5.44. The molecule has 0 unspecified atom stereocenters. The first kappa shape index (κ1) is 15.6. The van der Waals surface area contributed by atoms with Gasteiger partial charge < -0.3 is 15.0 Å². The molecule has 8 heteroatoms. The van der Waals surface area contributed by atoms with E-state index in [0.29, 0.717) is 25.4 Å². The molecule has 0 aromatic carbocycles. The predicted octanol–water partition coefficient (Wildman–Crippen LogP) is 1.53. The molecule has 2 N–H and O–H groups in total. The SMILES string of the molecule is CCCCOC(=O)N[C@@H]1CCN(c2cn[nH]c(=O)c2Cl)C1. The number of carbonyl (C=O) groups is 1. The molecule has 0 bridgehead atoms. The van der Waals surface area contributed by atoms with Crippen molar-refractivity contribution in [3.8, 4) is 0 Å². The minimum Gasteiger partial charge on any atom is -0.450 e. The number of halogens is 1. The largest absolute Gasteiger partial charge is 0.450 e. The van der Waals surface area contributed by atoms with Gasteiger partial charge in [0.25, 0.3) is 5.56 Å². The van der Waals surface area contributed by atoms with Gasteiger partial charge in [0.2, 0.25) is 0 Å². The summed E-state index contributed by atoms with van der Waals surface area (Å²) in [5.41, 5.74) is 0.175. The van der Waals surface area contributed by atoms with Crippen molar-refractivity contribution in [1.82, 2.24) is 15.5 Å². The zero-order valence-electron chi connectivity index (χ0n) is 11.9. The number of unbranched alkanes of at least 4 members (excludes halogenated alkanes) is 1. The van der Waals surface area contributed by atoms with Crippen molar-refractivity contribution in [2.75, 3.05) is 24.6 Å². The van der Waals surface area contributed by atoms with Crippen LogP contribution >= 0.6 is 11.6 Å². The summed E-state index contributed by atoms with van der Waals surface area (Å²) in [6.45, 7) is 3.75. The van der Waals surface area contributed by atoms with Crippen LogP contribution in [0.25, 0.3) is 0 Å². The molecule has 21 heavy (non-hydrogen) atoms. The van der Waals surface area contributed by atoms with E-state index in [4.69, 9.17) is 16.3 Å². The molecule has 1 amide bonds. The molecule has 0 radical (unpaired) electrons. The highest BCUT2D eigenvalue weighted by atomic mass is 35.5. The van der Waals surface area contributed by atoms with Gasteiger partial charge in [-0.05, 0) is 12.8 Å². The third-order valence-corrected chi connectivity index (χ3v) is 3.72. The van der Waals surface area contributed by atoms with E-state index in [9.17, 15) is 9.59 Å². The van der Waals surface area contributed by atoms with Crippen LogP contribution in [-0.2, 0) is 4.74 Å². The summed E-state index contributed by atoms with van der Waals surface area (Å²) in [5.74, 6) is 0. The van der Waals surface area contributed by atoms with E-state index in [0.717, 1.165) is 19.3 Å². The molecule has 1 aliphatic rings. The molecule has 1 aliphatic heterocycles. The van der Waals surface area contributed by atoms with E-state index in [-0.39, 0.29) is 11.1 Å². The number of nitrogens with one attached hydrogen (secondary N) is 2. The molecule has 0 spiro atoms. The van der Waals surface area contributed by atoms with Crippen molar-refractivity contribution in [1.29, 1.82) is 0 Å². The van der Waals surface area contributed by atoms with Gasteiger partial charge in [-0.25, -0.2) is 9.89 Å². The lowest BCUT2D eigenvalue weighted by Gasteiger charge is -2.19. The molecule has 2 rings (SSSR count). The van der Waals surface area contributed by atoms with Gasteiger partial charge in [0.1, 0.15) is 5.02 Å². The Bertz CT molecular complexity index is 548. The van der Waals surface area contributed by atoms with Gasteiger partial charge in [-0.2, -0.15) is 5.10 Å². The highest BCUT2D eigenvalue weighted by Gasteiger charge is 2.26. The zero-order chi connectivity index (χ0) is 15.2. The summed E-state index contributed by atoms with van der Waals surface area (Å²) in [6, 6.07) is -0.0190. The van der Waals surface area contributed by atoms with Gasteiger partial charge in [0, 0.05) is 13.1 Å². The monoisotopic (exact) mass is 314 g/mol. The van der Waals surface area contributed by atoms with Gasteiger partial charge >= 0.3 is 6.09 Å². The Balaban J connectivity index is 1.87. The molecule has 1 fully saturated rings. The number of carbonyl (C=O) groups excluding carboxylic acids is 1. The number of hydrogen-bond donors (Lipinski definition) is 2. The first-order valence-corrected chi connectivity index (χ1v) is 7.41. The van der Waals surface area contributed by atoms with Crippen LogP contribution < -0.4 is 15.8 Å². The quantitative estimate of drug-likeness (QED) is 0.805. The number of amides is 1. The number of nitrogens with zero attached hydrogens (tertiary/aromatic N) is 2. The average Bonchev–Trinajstić information content (AvgIpc) is 2.90. The number of hydrogen-bond acceptors (Lipinski definition) is 5. The third-order valence-electron chi connectivity index (χ3n) is 3.36. The highest BCUT2D eigenvalue weighted by molar-refractivity contribution is 6.33. The molecular weight excluding hydrogens is 296 g/mol. The Morgan fingerprint density at radius 2 is 2.48 bits per heavy atom. The van der Waals surface area contributed by atoms with Crippen LogP contribution in [0.4, 0.5) is 10.5 Å². The summed E-state index contributed by atoms with van der Waals surface area (Å²) in [5, 5.41) is 8.97. The van der Waals surface area contributed by atoms with Gasteiger partial charge in [-0.15, -0.1) is 0 Å². The molecular formula is C13H19ClN4O3. The minimum absolute atomic E-state index is 0.0190. The lowest BCUT2D eigenvalue weighted by Crippen LogP contribution is -2.37. The maximum Gasteiger partial charge on any atom is 0.407 e. The topological polar surface area (TPSA) is 87.3 Å². The number of rotatable bonds is 5. The van der Waals surface area contributed by atoms with Crippen molar-refractivity contribution in [2.45, 2.75) is 32.2 Å². The number of ether oxygens (including phenoxy) is 1. The number of aromatic nitrogens is 2. The average molecular weight is 315 g/mol. The Morgan fingerprint density at radius 3 is 3.24 bits per heavy atom. The van der Waals surface area contributed by atoms with Crippen molar-refractivity contribution in [3.63, 3.8) is 0 Å². The Hall–Kier alpha value is -1.76. The minimum atomic E-state index is -0.412. The predicted molar refractivity (Wildman–Crippen MR) is 79.9 cm³/mol. The second-order valence-electron chi connectivity index (χ2n) is 4.96. The maximum atomic E-state index is 11.6. The first-order chi connectivity index (χ1) is 10.1. The molecule has 7 nitrogen and oxygen atoms in total. The van der Waals surface area contributed by atoms with E-state index in [1.165, 1.54) is 6.20 Å². The van der Waals surface area contributed by atoms with Crippen molar-refractivity contribution in [2.24, 2.45) is 0 Å². The number of anilines is 1. The van der Waals surface area contributed by atoms with E-state index < -0.39 is 11.7 Å². The van der Waals surface area contributed by atoms with Crippen molar-refractivity contribution < 1.29 is 9.53 Å². The van der Waals surface area contributed by atoms with Crippen molar-refractivity contribution >= 4 is 23.4 Å². The van der Waals surface area contributed by atoms with Crippen molar-refractivity contribution in [3.05, 3.63) is 21.6 Å². The van der Waals surface area contributed by atoms with Gasteiger partial charge in [-0.1, -0.05) is 24.9 Å². The normalized spacial score (nSPS) is 17.8. The fourth-order valence-corrected chi connectivity index (χ4v) is 2.42.